The van der Waals surface area contributed by atoms with Crippen molar-refractivity contribution in [1.29, 1.82) is 0 Å². The minimum absolute atomic E-state index is 0.136. The molecule has 1 saturated heterocycles. The minimum Gasteiger partial charge on any atom is -0.508 e. The van der Waals surface area contributed by atoms with Crippen molar-refractivity contribution < 1.29 is 14.6 Å². The molecule has 1 N–H and O–H groups in total. The van der Waals surface area contributed by atoms with E-state index in [1.807, 2.05) is 26.0 Å². The van der Waals surface area contributed by atoms with Crippen molar-refractivity contribution in [2.75, 3.05) is 6.61 Å². The average molecular weight is 250 g/mol. The summed E-state index contributed by atoms with van der Waals surface area (Å²) in [7, 11) is 0. The average Bonchev–Trinajstić information content (AvgIpc) is 2.40. The van der Waals surface area contributed by atoms with Gasteiger partial charge in [0.1, 0.15) is 5.76 Å². The van der Waals surface area contributed by atoms with Crippen LogP contribution in [0.1, 0.15) is 33.1 Å². The van der Waals surface area contributed by atoms with Crippen molar-refractivity contribution >= 4 is 0 Å². The molecule has 0 aromatic carbocycles. The summed E-state index contributed by atoms with van der Waals surface area (Å²) >= 11 is 0. The van der Waals surface area contributed by atoms with Gasteiger partial charge in [-0.25, -0.2) is 0 Å². The van der Waals surface area contributed by atoms with Gasteiger partial charge < -0.3 is 14.6 Å². The number of rotatable bonds is 5. The Balaban J connectivity index is 2.41. The highest BCUT2D eigenvalue weighted by atomic mass is 16.7. The monoisotopic (exact) mass is 250 g/mol. The first-order chi connectivity index (χ1) is 8.74. The predicted molar refractivity (Wildman–Crippen MR) is 73.1 cm³/mol. The lowest BCUT2D eigenvalue weighted by Crippen LogP contribution is -2.19. The summed E-state index contributed by atoms with van der Waals surface area (Å²) < 4.78 is 10.9. The van der Waals surface area contributed by atoms with Gasteiger partial charge in [-0.3, -0.25) is 0 Å². The molecule has 1 atom stereocenters. The molecule has 3 nitrogen and oxygen atoms in total. The van der Waals surface area contributed by atoms with Crippen LogP contribution in [0.5, 0.6) is 0 Å². The van der Waals surface area contributed by atoms with Crippen LogP contribution in [0.15, 0.2) is 48.0 Å². The van der Waals surface area contributed by atoms with Crippen molar-refractivity contribution in [3.63, 3.8) is 0 Å². The Morgan fingerprint density at radius 1 is 1.28 bits per heavy atom. The highest BCUT2D eigenvalue weighted by molar-refractivity contribution is 5.27. The van der Waals surface area contributed by atoms with E-state index in [1.54, 1.807) is 24.5 Å². The topological polar surface area (TPSA) is 38.7 Å². The van der Waals surface area contributed by atoms with Crippen LogP contribution in [0, 0.1) is 0 Å². The fourth-order valence-electron chi connectivity index (χ4n) is 1.52. The number of aliphatic hydroxyl groups is 1. The van der Waals surface area contributed by atoms with Crippen molar-refractivity contribution in [3.8, 4) is 0 Å². The molecule has 100 valence electrons. The highest BCUT2D eigenvalue weighted by Crippen LogP contribution is 2.14. The lowest BCUT2D eigenvalue weighted by Gasteiger charge is -2.21. The molecule has 18 heavy (non-hydrogen) atoms. The van der Waals surface area contributed by atoms with Gasteiger partial charge in [0.15, 0.2) is 6.29 Å². The third kappa shape index (κ3) is 5.73. The molecule has 0 bridgehead atoms. The molecular weight excluding hydrogens is 228 g/mol. The second-order valence-corrected chi connectivity index (χ2v) is 4.19. The maximum absolute atomic E-state index is 9.70. The van der Waals surface area contributed by atoms with E-state index in [9.17, 15) is 5.11 Å². The molecule has 1 fully saturated rings. The third-order valence-corrected chi connectivity index (χ3v) is 2.65. The molecule has 1 unspecified atom stereocenters. The van der Waals surface area contributed by atoms with Gasteiger partial charge in [0, 0.05) is 6.42 Å². The summed E-state index contributed by atoms with van der Waals surface area (Å²) in [5.41, 5.74) is 0.756. The van der Waals surface area contributed by atoms with E-state index in [-0.39, 0.29) is 12.0 Å². The van der Waals surface area contributed by atoms with Gasteiger partial charge in [-0.05, 0) is 44.4 Å². The first-order valence-corrected chi connectivity index (χ1v) is 6.37. The molecule has 0 aromatic heterocycles. The number of ether oxygens (including phenoxy) is 2. The van der Waals surface area contributed by atoms with E-state index >= 15 is 0 Å². The number of hydrogen-bond acceptors (Lipinski definition) is 3. The van der Waals surface area contributed by atoms with Crippen LogP contribution in [0.4, 0.5) is 0 Å². The summed E-state index contributed by atoms with van der Waals surface area (Å²) in [6.45, 7) is 4.53. The third-order valence-electron chi connectivity index (χ3n) is 2.65. The summed E-state index contributed by atoms with van der Waals surface area (Å²) in [5, 5.41) is 9.70. The zero-order valence-electron chi connectivity index (χ0n) is 11.1. The predicted octanol–water partition coefficient (Wildman–Crippen LogP) is 4.01. The zero-order valence-corrected chi connectivity index (χ0v) is 11.1. The molecule has 1 rings (SSSR count). The van der Waals surface area contributed by atoms with Gasteiger partial charge in [0.25, 0.3) is 0 Å². The van der Waals surface area contributed by atoms with Crippen LogP contribution in [-0.2, 0) is 9.47 Å². The first-order valence-electron chi connectivity index (χ1n) is 6.37. The lowest BCUT2D eigenvalue weighted by molar-refractivity contribution is -0.129. The van der Waals surface area contributed by atoms with E-state index < -0.39 is 0 Å². The van der Waals surface area contributed by atoms with Crippen LogP contribution in [-0.4, -0.2) is 18.0 Å². The molecule has 3 heteroatoms. The first kappa shape index (κ1) is 14.6. The molecule has 0 radical (unpaired) electrons. The molecule has 0 saturated carbocycles. The van der Waals surface area contributed by atoms with Gasteiger partial charge in [-0.1, -0.05) is 18.2 Å². The van der Waals surface area contributed by atoms with Gasteiger partial charge in [-0.15, -0.1) is 0 Å². The molecule has 0 amide bonds. The van der Waals surface area contributed by atoms with Crippen LogP contribution in [0.3, 0.4) is 0 Å². The Kier molecular flexibility index (Phi) is 6.96. The van der Waals surface area contributed by atoms with E-state index in [2.05, 4.69) is 0 Å². The van der Waals surface area contributed by atoms with Crippen molar-refractivity contribution in [1.82, 2.24) is 0 Å². The smallest absolute Gasteiger partial charge is 0.198 e. The molecule has 1 aliphatic heterocycles. The molecule has 1 aliphatic rings. The maximum Gasteiger partial charge on any atom is 0.198 e. The van der Waals surface area contributed by atoms with E-state index in [0.717, 1.165) is 31.4 Å². The second-order valence-electron chi connectivity index (χ2n) is 4.19. The van der Waals surface area contributed by atoms with Gasteiger partial charge in [0.2, 0.25) is 0 Å². The number of allylic oxidation sites excluding steroid dienone is 6. The Morgan fingerprint density at radius 2 is 2.11 bits per heavy atom. The van der Waals surface area contributed by atoms with E-state index in [0.29, 0.717) is 0 Å². The normalized spacial score (nSPS) is 22.9. The largest absolute Gasteiger partial charge is 0.508 e. The second kappa shape index (κ2) is 8.59. The Labute approximate surface area is 109 Å². The maximum atomic E-state index is 9.70. The Morgan fingerprint density at radius 3 is 2.78 bits per heavy atom. The van der Waals surface area contributed by atoms with Crippen LogP contribution in [0.2, 0.25) is 0 Å². The Bertz CT molecular complexity index is 345. The van der Waals surface area contributed by atoms with E-state index in [4.69, 9.17) is 9.47 Å². The summed E-state index contributed by atoms with van der Waals surface area (Å²) in [4.78, 5) is 0. The van der Waals surface area contributed by atoms with Crippen LogP contribution < -0.4 is 0 Å². The van der Waals surface area contributed by atoms with E-state index in [1.165, 1.54) is 0 Å². The van der Waals surface area contributed by atoms with Crippen molar-refractivity contribution in [2.24, 2.45) is 0 Å². The molecule has 1 heterocycles. The molecular formula is C15H22O3. The lowest BCUT2D eigenvalue weighted by atomic mass is 10.2. The summed E-state index contributed by atoms with van der Waals surface area (Å²) in [5.74, 6) is 0.234. The molecule has 0 aliphatic carbocycles. The zero-order chi connectivity index (χ0) is 13.2. The minimum atomic E-state index is -0.136. The van der Waals surface area contributed by atoms with Crippen LogP contribution >= 0.6 is 0 Å². The summed E-state index contributed by atoms with van der Waals surface area (Å²) in [6.07, 6.45) is 13.6. The highest BCUT2D eigenvalue weighted by Gasteiger charge is 2.12. The van der Waals surface area contributed by atoms with Gasteiger partial charge in [-0.2, -0.15) is 0 Å². The molecule has 0 aromatic rings. The SMILES string of the molecule is C\C=C/C=C\C(O)=C(C)/C=C\OC1CCCCO1. The summed E-state index contributed by atoms with van der Waals surface area (Å²) in [6, 6.07) is 0. The molecule has 0 spiro atoms. The van der Waals surface area contributed by atoms with Crippen LogP contribution in [0.25, 0.3) is 0 Å². The Hall–Kier alpha value is -1.48. The fourth-order valence-corrected chi connectivity index (χ4v) is 1.52. The standard InChI is InChI=1S/C15H22O3/c1-3-4-5-8-14(16)13(2)10-12-18-15-9-6-7-11-17-15/h3-5,8,10,12,15-16H,6-7,9,11H2,1-2H3/b4-3-,8-5-,12-10-,14-13+. The number of aliphatic hydroxyl groups excluding tert-OH is 1. The van der Waals surface area contributed by atoms with Gasteiger partial charge in [0.05, 0.1) is 12.9 Å². The quantitative estimate of drug-likeness (QED) is 0.592. The number of hydrogen-bond donors (Lipinski definition) is 1. The fraction of sp³-hybridized carbons (Fsp3) is 0.467. The van der Waals surface area contributed by atoms with Crippen molar-refractivity contribution in [3.05, 3.63) is 48.0 Å². The van der Waals surface area contributed by atoms with Gasteiger partial charge >= 0.3 is 0 Å². The van der Waals surface area contributed by atoms with Crippen molar-refractivity contribution in [2.45, 2.75) is 39.4 Å².